The highest BCUT2D eigenvalue weighted by Gasteiger charge is 2.15. The van der Waals surface area contributed by atoms with E-state index in [1.807, 2.05) is 41.8 Å². The molecule has 0 aliphatic heterocycles. The van der Waals surface area contributed by atoms with Crippen LogP contribution in [-0.2, 0) is 0 Å². The molecule has 3 heterocycles. The van der Waals surface area contributed by atoms with Crippen LogP contribution in [0.2, 0.25) is 0 Å². The van der Waals surface area contributed by atoms with Crippen molar-refractivity contribution >= 4 is 64.3 Å². The fourth-order valence-electron chi connectivity index (χ4n) is 5.36. The van der Waals surface area contributed by atoms with Crippen LogP contribution in [0.15, 0.2) is 115 Å². The Bertz CT molecular complexity index is 2120. The van der Waals surface area contributed by atoms with Crippen molar-refractivity contribution in [3.63, 3.8) is 0 Å². The molecule has 0 saturated heterocycles. The smallest absolute Gasteiger partial charge is 0.0894 e. The fourth-order valence-corrected chi connectivity index (χ4v) is 6.44. The van der Waals surface area contributed by atoms with Gasteiger partial charge in [0.05, 0.1) is 34.0 Å². The molecule has 0 aliphatic rings. The van der Waals surface area contributed by atoms with Gasteiger partial charge in [0, 0.05) is 42.2 Å². The number of para-hydroxylation sites is 3. The molecular weight excluding hydrogens is 458 g/mol. The summed E-state index contributed by atoms with van der Waals surface area (Å²) in [4.78, 5) is 9.56. The second-order valence-corrected chi connectivity index (χ2v) is 10.2. The van der Waals surface area contributed by atoms with Crippen LogP contribution >= 0.6 is 11.3 Å². The molecule has 4 heteroatoms. The molecule has 0 amide bonds. The Kier molecular flexibility index (Phi) is 4.10. The van der Waals surface area contributed by atoms with Crippen LogP contribution in [0, 0.1) is 0 Å². The zero-order valence-corrected chi connectivity index (χ0v) is 20.0. The summed E-state index contributed by atoms with van der Waals surface area (Å²) in [5.74, 6) is 0. The molecule has 0 saturated carbocycles. The van der Waals surface area contributed by atoms with Crippen molar-refractivity contribution in [1.82, 2.24) is 14.5 Å². The standard InChI is InChI=1S/C32H19N3S/c1-5-11-29-22(7-1)23-15-13-20(28-19-33-26-9-3-4-10-27(26)34-28)17-30(23)35(29)21-14-16-32-25(18-21)24-8-2-6-12-31(24)36-32/h1-19H. The average molecular weight is 478 g/mol. The third-order valence-electron chi connectivity index (χ3n) is 7.04. The summed E-state index contributed by atoms with van der Waals surface area (Å²) in [6.45, 7) is 0. The quantitative estimate of drug-likeness (QED) is 0.249. The Hall–Kier alpha value is -4.54. The van der Waals surface area contributed by atoms with E-state index in [1.54, 1.807) is 0 Å². The van der Waals surface area contributed by atoms with Gasteiger partial charge < -0.3 is 4.57 Å². The highest BCUT2D eigenvalue weighted by molar-refractivity contribution is 7.25. The van der Waals surface area contributed by atoms with Gasteiger partial charge >= 0.3 is 0 Å². The van der Waals surface area contributed by atoms with Gasteiger partial charge in [0.2, 0.25) is 0 Å². The topological polar surface area (TPSA) is 30.7 Å². The van der Waals surface area contributed by atoms with Gasteiger partial charge in [-0.1, -0.05) is 60.7 Å². The Morgan fingerprint density at radius 2 is 1.31 bits per heavy atom. The normalized spacial score (nSPS) is 11.9. The number of fused-ring (bicyclic) bond motifs is 7. The average Bonchev–Trinajstić information content (AvgIpc) is 3.47. The van der Waals surface area contributed by atoms with Crippen molar-refractivity contribution in [1.29, 1.82) is 0 Å². The number of rotatable bonds is 2. The number of nitrogens with zero attached hydrogens (tertiary/aromatic N) is 3. The van der Waals surface area contributed by atoms with Gasteiger partial charge in [-0.3, -0.25) is 4.98 Å². The van der Waals surface area contributed by atoms with Gasteiger partial charge in [0.1, 0.15) is 0 Å². The Morgan fingerprint density at radius 3 is 2.25 bits per heavy atom. The molecule has 0 spiro atoms. The monoisotopic (exact) mass is 477 g/mol. The van der Waals surface area contributed by atoms with Crippen LogP contribution in [0.4, 0.5) is 0 Å². The maximum atomic E-state index is 4.91. The van der Waals surface area contributed by atoms with Crippen molar-refractivity contribution < 1.29 is 0 Å². The van der Waals surface area contributed by atoms with E-state index in [-0.39, 0.29) is 0 Å². The first-order chi connectivity index (χ1) is 17.8. The molecule has 0 aliphatic carbocycles. The van der Waals surface area contributed by atoms with Crippen molar-refractivity contribution in [2.24, 2.45) is 0 Å². The lowest BCUT2D eigenvalue weighted by Crippen LogP contribution is -1.94. The minimum atomic E-state index is 0.881. The molecule has 36 heavy (non-hydrogen) atoms. The first-order valence-electron chi connectivity index (χ1n) is 12.0. The molecule has 5 aromatic carbocycles. The Labute approximate surface area is 210 Å². The highest BCUT2D eigenvalue weighted by atomic mass is 32.1. The number of thiophene rings is 1. The molecule has 0 N–H and O–H groups in total. The molecule has 0 radical (unpaired) electrons. The third kappa shape index (κ3) is 2.85. The van der Waals surface area contributed by atoms with E-state index >= 15 is 0 Å². The summed E-state index contributed by atoms with van der Waals surface area (Å²) in [5.41, 5.74) is 7.30. The second-order valence-electron chi connectivity index (χ2n) is 9.11. The molecule has 0 atom stereocenters. The highest BCUT2D eigenvalue weighted by Crippen LogP contribution is 2.38. The van der Waals surface area contributed by atoms with Crippen LogP contribution in [0.1, 0.15) is 0 Å². The fraction of sp³-hybridized carbons (Fsp3) is 0. The molecule has 0 unspecified atom stereocenters. The number of aromatic nitrogens is 3. The Morgan fingerprint density at radius 1 is 0.556 bits per heavy atom. The van der Waals surface area contributed by atoms with E-state index in [1.165, 1.54) is 47.7 Å². The Balaban J connectivity index is 1.41. The summed E-state index contributed by atoms with van der Waals surface area (Å²) in [6, 6.07) is 38.8. The largest absolute Gasteiger partial charge is 0.309 e. The minimum absolute atomic E-state index is 0.881. The van der Waals surface area contributed by atoms with Crippen molar-refractivity contribution in [3.05, 3.63) is 115 Å². The lowest BCUT2D eigenvalue weighted by Gasteiger charge is -2.09. The minimum Gasteiger partial charge on any atom is -0.309 e. The predicted molar refractivity (Wildman–Crippen MR) is 152 cm³/mol. The van der Waals surface area contributed by atoms with Gasteiger partial charge in [0.15, 0.2) is 0 Å². The van der Waals surface area contributed by atoms with Gasteiger partial charge in [-0.05, 0) is 48.5 Å². The first-order valence-corrected chi connectivity index (χ1v) is 12.8. The summed E-state index contributed by atoms with van der Waals surface area (Å²) >= 11 is 1.85. The van der Waals surface area contributed by atoms with Crippen LogP contribution in [0.25, 0.3) is 70.0 Å². The van der Waals surface area contributed by atoms with E-state index in [4.69, 9.17) is 4.98 Å². The molecule has 8 aromatic rings. The van der Waals surface area contributed by atoms with Crippen molar-refractivity contribution in [2.45, 2.75) is 0 Å². The molecule has 3 nitrogen and oxygen atoms in total. The zero-order chi connectivity index (χ0) is 23.6. The van der Waals surface area contributed by atoms with Crippen LogP contribution in [0.3, 0.4) is 0 Å². The second kappa shape index (κ2) is 7.48. The van der Waals surface area contributed by atoms with Crippen LogP contribution in [-0.4, -0.2) is 14.5 Å². The third-order valence-corrected chi connectivity index (χ3v) is 8.19. The molecular formula is C32H19N3S. The molecule has 3 aromatic heterocycles. The summed E-state index contributed by atoms with van der Waals surface area (Å²) in [7, 11) is 0. The van der Waals surface area contributed by atoms with E-state index in [0.717, 1.165) is 22.3 Å². The molecule has 168 valence electrons. The van der Waals surface area contributed by atoms with Crippen LogP contribution in [0.5, 0.6) is 0 Å². The van der Waals surface area contributed by atoms with Crippen LogP contribution < -0.4 is 0 Å². The summed E-state index contributed by atoms with van der Waals surface area (Å²) < 4.78 is 5.02. The molecule has 0 bridgehead atoms. The predicted octanol–water partition coefficient (Wildman–Crippen LogP) is 8.76. The zero-order valence-electron chi connectivity index (χ0n) is 19.2. The van der Waals surface area contributed by atoms with Gasteiger partial charge in [-0.2, -0.15) is 0 Å². The summed E-state index contributed by atoms with van der Waals surface area (Å²) in [5, 5.41) is 5.10. The molecule has 0 fully saturated rings. The number of hydrogen-bond acceptors (Lipinski definition) is 3. The number of hydrogen-bond donors (Lipinski definition) is 0. The van der Waals surface area contributed by atoms with E-state index in [9.17, 15) is 0 Å². The lowest BCUT2D eigenvalue weighted by atomic mass is 10.1. The maximum Gasteiger partial charge on any atom is 0.0894 e. The molecule has 8 rings (SSSR count). The van der Waals surface area contributed by atoms with Gasteiger partial charge in [-0.25, -0.2) is 4.98 Å². The van der Waals surface area contributed by atoms with E-state index < -0.39 is 0 Å². The van der Waals surface area contributed by atoms with Crippen molar-refractivity contribution in [3.8, 4) is 16.9 Å². The van der Waals surface area contributed by atoms with E-state index in [0.29, 0.717) is 0 Å². The van der Waals surface area contributed by atoms with Crippen molar-refractivity contribution in [2.75, 3.05) is 0 Å². The first kappa shape index (κ1) is 19.7. The van der Waals surface area contributed by atoms with Gasteiger partial charge in [-0.15, -0.1) is 11.3 Å². The maximum absolute atomic E-state index is 4.91. The lowest BCUT2D eigenvalue weighted by molar-refractivity contribution is 1.19. The SMILES string of the molecule is c1ccc2nc(-c3ccc4c5ccccc5n(-c5ccc6sc7ccccc7c6c5)c4c3)cnc2c1. The van der Waals surface area contributed by atoms with E-state index in [2.05, 4.69) is 94.5 Å². The summed E-state index contributed by atoms with van der Waals surface area (Å²) in [6.07, 6.45) is 1.88. The van der Waals surface area contributed by atoms with Gasteiger partial charge in [0.25, 0.3) is 0 Å². The number of benzene rings is 5.